The van der Waals surface area contributed by atoms with Crippen LogP contribution in [0.4, 0.5) is 10.1 Å². The number of hydrogen-bond donors (Lipinski definition) is 3. The van der Waals surface area contributed by atoms with Gasteiger partial charge in [0.15, 0.2) is 0 Å². The van der Waals surface area contributed by atoms with Gasteiger partial charge in [-0.15, -0.1) is 0 Å². The van der Waals surface area contributed by atoms with Crippen molar-refractivity contribution in [1.29, 1.82) is 0 Å². The molecule has 0 radical (unpaired) electrons. The van der Waals surface area contributed by atoms with E-state index in [1.165, 1.54) is 29.9 Å². The van der Waals surface area contributed by atoms with Crippen molar-refractivity contribution in [3.05, 3.63) is 29.7 Å². The lowest BCUT2D eigenvalue weighted by Gasteiger charge is -2.27. The number of halogens is 1. The molecule has 1 aliphatic rings. The van der Waals surface area contributed by atoms with Gasteiger partial charge in [-0.2, -0.15) is 0 Å². The number of hydrogen-bond acceptors (Lipinski definition) is 3. The highest BCUT2D eigenvalue weighted by atomic mass is 19.1. The minimum absolute atomic E-state index is 0.143. The molecule has 0 aliphatic carbocycles. The normalized spacial score (nSPS) is 19.8. The first-order valence-corrected chi connectivity index (χ1v) is 9.59. The van der Waals surface area contributed by atoms with E-state index in [1.54, 1.807) is 13.0 Å². The van der Waals surface area contributed by atoms with E-state index >= 15 is 0 Å². The number of rotatable bonds is 6. The number of carbonyl (C=O) groups excluding carboxylic acids is 2. The van der Waals surface area contributed by atoms with Gasteiger partial charge in [-0.05, 0) is 38.0 Å². The van der Waals surface area contributed by atoms with Crippen molar-refractivity contribution in [2.24, 2.45) is 5.92 Å². The van der Waals surface area contributed by atoms with Crippen molar-refractivity contribution in [2.75, 3.05) is 31.6 Å². The third-order valence-corrected chi connectivity index (χ3v) is 5.07. The molecule has 2 atom stereocenters. The lowest BCUT2D eigenvalue weighted by Crippen LogP contribution is -3.13. The number of aromatic nitrogens is 1. The van der Waals surface area contributed by atoms with E-state index < -0.39 is 11.8 Å². The van der Waals surface area contributed by atoms with Gasteiger partial charge in [0.2, 0.25) is 5.91 Å². The highest BCUT2D eigenvalue weighted by molar-refractivity contribution is 6.10. The minimum Gasteiger partial charge on any atom is -0.461 e. The molecule has 2 heterocycles. The third-order valence-electron chi connectivity index (χ3n) is 5.07. The largest absolute Gasteiger partial charge is 0.461 e. The number of aromatic amines is 1. The van der Waals surface area contributed by atoms with E-state index in [1.807, 2.05) is 0 Å². The predicted octanol–water partition coefficient (Wildman–Crippen LogP) is 2.13. The first-order chi connectivity index (χ1) is 13.0. The summed E-state index contributed by atoms with van der Waals surface area (Å²) in [6.07, 6.45) is 2.79. The molecule has 3 N–H and O–H groups in total. The SMILES string of the molecule is CCOC(=O)c1[nH]c2ccc(F)cc2c1NC(=O)CC[NH+]1CCC[C@H](C)C1. The summed E-state index contributed by atoms with van der Waals surface area (Å²) in [7, 11) is 0. The molecule has 0 spiro atoms. The van der Waals surface area contributed by atoms with Crippen LogP contribution in [0.25, 0.3) is 10.9 Å². The molecule has 3 rings (SSSR count). The quantitative estimate of drug-likeness (QED) is 0.676. The maximum atomic E-state index is 13.7. The Morgan fingerprint density at radius 2 is 2.22 bits per heavy atom. The molecule has 27 heavy (non-hydrogen) atoms. The average molecular weight is 376 g/mol. The summed E-state index contributed by atoms with van der Waals surface area (Å²) in [6, 6.07) is 4.16. The van der Waals surface area contributed by atoms with Gasteiger partial charge in [0.25, 0.3) is 0 Å². The molecule has 6 nitrogen and oxygen atoms in total. The monoisotopic (exact) mass is 376 g/mol. The smallest absolute Gasteiger partial charge is 0.356 e. The van der Waals surface area contributed by atoms with Crippen LogP contribution in [0, 0.1) is 11.7 Å². The van der Waals surface area contributed by atoms with E-state index in [-0.39, 0.29) is 23.9 Å². The second-order valence-electron chi connectivity index (χ2n) is 7.29. The molecule has 1 fully saturated rings. The van der Waals surface area contributed by atoms with Crippen LogP contribution in [0.3, 0.4) is 0 Å². The highest BCUT2D eigenvalue weighted by Crippen LogP contribution is 2.29. The number of piperidine rings is 1. The van der Waals surface area contributed by atoms with Crippen LogP contribution in [-0.2, 0) is 9.53 Å². The zero-order chi connectivity index (χ0) is 19.4. The Morgan fingerprint density at radius 1 is 1.41 bits per heavy atom. The number of ether oxygens (including phenoxy) is 1. The molecule has 2 aromatic rings. The number of nitrogens with one attached hydrogen (secondary N) is 3. The summed E-state index contributed by atoms with van der Waals surface area (Å²) >= 11 is 0. The Bertz CT molecular complexity index is 833. The zero-order valence-corrected chi connectivity index (χ0v) is 15.9. The molecule has 0 bridgehead atoms. The van der Waals surface area contributed by atoms with Crippen LogP contribution in [0.1, 0.15) is 43.6 Å². The number of fused-ring (bicyclic) bond motifs is 1. The predicted molar refractivity (Wildman–Crippen MR) is 101 cm³/mol. The van der Waals surface area contributed by atoms with Crippen LogP contribution in [0.15, 0.2) is 18.2 Å². The zero-order valence-electron chi connectivity index (χ0n) is 15.9. The third kappa shape index (κ3) is 4.66. The van der Waals surface area contributed by atoms with Crippen molar-refractivity contribution < 1.29 is 23.6 Å². The van der Waals surface area contributed by atoms with Gasteiger partial charge in [0, 0.05) is 16.8 Å². The molecule has 1 aromatic carbocycles. The van der Waals surface area contributed by atoms with Crippen molar-refractivity contribution in [2.45, 2.75) is 33.1 Å². The minimum atomic E-state index is -0.570. The van der Waals surface area contributed by atoms with Crippen LogP contribution in [0.2, 0.25) is 0 Å². The lowest BCUT2D eigenvalue weighted by molar-refractivity contribution is -0.907. The number of carbonyl (C=O) groups is 2. The molecule has 7 heteroatoms. The lowest BCUT2D eigenvalue weighted by atomic mass is 10.0. The van der Waals surface area contributed by atoms with Gasteiger partial charge in [0.05, 0.1) is 38.3 Å². The van der Waals surface area contributed by atoms with Crippen LogP contribution < -0.4 is 10.2 Å². The Kier molecular flexibility index (Phi) is 6.11. The van der Waals surface area contributed by atoms with Crippen molar-refractivity contribution in [3.63, 3.8) is 0 Å². The van der Waals surface area contributed by atoms with Crippen LogP contribution >= 0.6 is 0 Å². The fourth-order valence-corrected chi connectivity index (χ4v) is 3.77. The topological polar surface area (TPSA) is 75.6 Å². The van der Waals surface area contributed by atoms with Gasteiger partial charge < -0.3 is 19.9 Å². The van der Waals surface area contributed by atoms with Crippen molar-refractivity contribution >= 4 is 28.5 Å². The second kappa shape index (κ2) is 8.52. The van der Waals surface area contributed by atoms with Crippen molar-refractivity contribution in [1.82, 2.24) is 4.98 Å². The first-order valence-electron chi connectivity index (χ1n) is 9.59. The first kappa shape index (κ1) is 19.4. The van der Waals surface area contributed by atoms with E-state index in [2.05, 4.69) is 17.2 Å². The maximum Gasteiger partial charge on any atom is 0.356 e. The van der Waals surface area contributed by atoms with Crippen LogP contribution in [0.5, 0.6) is 0 Å². The average Bonchev–Trinajstić information content (AvgIpc) is 2.98. The van der Waals surface area contributed by atoms with Gasteiger partial charge in [-0.25, -0.2) is 9.18 Å². The number of esters is 1. The molecule has 0 saturated carbocycles. The molecule has 1 unspecified atom stereocenters. The summed E-state index contributed by atoms with van der Waals surface area (Å²) in [4.78, 5) is 29.1. The molecular weight excluding hydrogens is 349 g/mol. The van der Waals surface area contributed by atoms with E-state index in [0.717, 1.165) is 19.6 Å². The molecule has 146 valence electrons. The molecule has 1 saturated heterocycles. The van der Waals surface area contributed by atoms with Gasteiger partial charge >= 0.3 is 5.97 Å². The number of amides is 1. The highest BCUT2D eigenvalue weighted by Gasteiger charge is 2.23. The maximum absolute atomic E-state index is 13.7. The number of likely N-dealkylation sites (tertiary alicyclic amines) is 1. The molecule has 1 amide bonds. The summed E-state index contributed by atoms with van der Waals surface area (Å²) in [5.74, 6) is -0.501. The number of H-pyrrole nitrogens is 1. The van der Waals surface area contributed by atoms with E-state index in [0.29, 0.717) is 23.2 Å². The number of anilines is 1. The summed E-state index contributed by atoms with van der Waals surface area (Å²) in [5, 5.41) is 3.26. The van der Waals surface area contributed by atoms with E-state index in [4.69, 9.17) is 4.74 Å². The molecule has 1 aromatic heterocycles. The Labute approximate surface area is 158 Å². The fourth-order valence-electron chi connectivity index (χ4n) is 3.77. The van der Waals surface area contributed by atoms with Crippen LogP contribution in [-0.4, -0.2) is 43.1 Å². The number of benzene rings is 1. The molecule has 1 aliphatic heterocycles. The fraction of sp³-hybridized carbons (Fsp3) is 0.500. The molecular formula is C20H27FN3O3+. The van der Waals surface area contributed by atoms with Gasteiger partial charge in [0.1, 0.15) is 11.5 Å². The summed E-state index contributed by atoms with van der Waals surface area (Å²) in [6.45, 7) is 7.09. The second-order valence-corrected chi connectivity index (χ2v) is 7.29. The Hall–Kier alpha value is -2.41. The number of quaternary nitrogens is 1. The van der Waals surface area contributed by atoms with E-state index in [9.17, 15) is 14.0 Å². The standard InChI is InChI=1S/C20H26FN3O3/c1-3-27-20(26)19-18(15-11-14(21)6-7-16(15)22-19)23-17(25)8-10-24-9-4-5-13(2)12-24/h6-7,11,13,22H,3-5,8-10,12H2,1-2H3,(H,23,25)/p+1/t13-/m0/s1. The Balaban J connectivity index is 1.75. The summed E-state index contributed by atoms with van der Waals surface area (Å²) < 4.78 is 18.8. The summed E-state index contributed by atoms with van der Waals surface area (Å²) in [5.41, 5.74) is 1.00. The van der Waals surface area contributed by atoms with Gasteiger partial charge in [-0.1, -0.05) is 6.92 Å². The van der Waals surface area contributed by atoms with Gasteiger partial charge in [-0.3, -0.25) is 4.79 Å². The Morgan fingerprint density at radius 3 is 2.96 bits per heavy atom. The van der Waals surface area contributed by atoms with Crippen molar-refractivity contribution in [3.8, 4) is 0 Å².